The Balaban J connectivity index is 2.43. The number of aromatic nitrogens is 2. The van der Waals surface area contributed by atoms with E-state index in [0.717, 1.165) is 18.5 Å². The molecule has 0 radical (unpaired) electrons. The molecule has 74 valence electrons. The molecule has 0 bridgehead atoms. The van der Waals surface area contributed by atoms with Crippen LogP contribution in [0.4, 0.5) is 0 Å². The standard InChI is InChI=1S/C12H16N2/c1-3-5-10-6-7-11-9-14(4-2)13-12(11)8-10/h6-9H,3-5H2,1-2H3. The molecule has 2 aromatic rings. The van der Waals surface area contributed by atoms with Crippen LogP contribution in [0, 0.1) is 0 Å². The lowest BCUT2D eigenvalue weighted by molar-refractivity contribution is 0.668. The third-order valence-electron chi connectivity index (χ3n) is 2.48. The van der Waals surface area contributed by atoms with Crippen LogP contribution in [0.1, 0.15) is 25.8 Å². The van der Waals surface area contributed by atoms with Gasteiger partial charge >= 0.3 is 0 Å². The molecule has 0 spiro atoms. The first-order chi connectivity index (χ1) is 6.83. The molecular formula is C12H16N2. The summed E-state index contributed by atoms with van der Waals surface area (Å²) in [5.41, 5.74) is 2.51. The maximum Gasteiger partial charge on any atom is 0.0926 e. The number of hydrogen-bond donors (Lipinski definition) is 0. The van der Waals surface area contributed by atoms with Crippen molar-refractivity contribution in [2.75, 3.05) is 0 Å². The van der Waals surface area contributed by atoms with Crippen LogP contribution in [0.3, 0.4) is 0 Å². The highest BCUT2D eigenvalue weighted by molar-refractivity contribution is 5.78. The van der Waals surface area contributed by atoms with Gasteiger partial charge in [0.15, 0.2) is 0 Å². The fourth-order valence-corrected chi connectivity index (χ4v) is 1.72. The summed E-state index contributed by atoms with van der Waals surface area (Å²) in [6, 6.07) is 6.57. The van der Waals surface area contributed by atoms with Gasteiger partial charge in [0.25, 0.3) is 0 Å². The van der Waals surface area contributed by atoms with Gasteiger partial charge in [-0.05, 0) is 25.0 Å². The molecule has 1 aromatic heterocycles. The van der Waals surface area contributed by atoms with Gasteiger partial charge in [0.05, 0.1) is 5.52 Å². The minimum Gasteiger partial charge on any atom is -0.272 e. The Morgan fingerprint density at radius 3 is 2.86 bits per heavy atom. The van der Waals surface area contributed by atoms with E-state index in [0.29, 0.717) is 0 Å². The van der Waals surface area contributed by atoms with Crippen LogP contribution >= 0.6 is 0 Å². The largest absolute Gasteiger partial charge is 0.272 e. The van der Waals surface area contributed by atoms with Gasteiger partial charge in [-0.25, -0.2) is 0 Å². The second kappa shape index (κ2) is 3.82. The van der Waals surface area contributed by atoms with E-state index in [1.165, 1.54) is 17.4 Å². The molecule has 2 rings (SSSR count). The first-order valence-corrected chi connectivity index (χ1v) is 5.29. The van der Waals surface area contributed by atoms with Gasteiger partial charge in [0.1, 0.15) is 0 Å². The van der Waals surface area contributed by atoms with Crippen molar-refractivity contribution in [2.24, 2.45) is 0 Å². The smallest absolute Gasteiger partial charge is 0.0926 e. The molecule has 0 N–H and O–H groups in total. The molecule has 0 atom stereocenters. The fourth-order valence-electron chi connectivity index (χ4n) is 1.72. The zero-order valence-corrected chi connectivity index (χ0v) is 8.83. The highest BCUT2D eigenvalue weighted by Gasteiger charge is 2.00. The molecule has 0 unspecified atom stereocenters. The minimum absolute atomic E-state index is 0.942. The Morgan fingerprint density at radius 1 is 1.29 bits per heavy atom. The van der Waals surface area contributed by atoms with E-state index in [1.807, 2.05) is 4.68 Å². The zero-order valence-electron chi connectivity index (χ0n) is 8.83. The van der Waals surface area contributed by atoms with E-state index in [4.69, 9.17) is 0 Å². The maximum absolute atomic E-state index is 4.49. The number of rotatable bonds is 3. The molecule has 2 heteroatoms. The molecule has 2 nitrogen and oxygen atoms in total. The zero-order chi connectivity index (χ0) is 9.97. The van der Waals surface area contributed by atoms with Gasteiger partial charge in [-0.15, -0.1) is 0 Å². The summed E-state index contributed by atoms with van der Waals surface area (Å²) in [6.07, 6.45) is 4.44. The van der Waals surface area contributed by atoms with Crippen molar-refractivity contribution in [1.29, 1.82) is 0 Å². The average Bonchev–Trinajstić information content (AvgIpc) is 2.60. The molecule has 1 aromatic carbocycles. The van der Waals surface area contributed by atoms with E-state index >= 15 is 0 Å². The van der Waals surface area contributed by atoms with Crippen molar-refractivity contribution in [3.8, 4) is 0 Å². The first-order valence-electron chi connectivity index (χ1n) is 5.29. The number of benzene rings is 1. The molecule has 0 fully saturated rings. The Bertz CT molecular complexity index is 429. The lowest BCUT2D eigenvalue weighted by Gasteiger charge is -1.96. The van der Waals surface area contributed by atoms with Gasteiger partial charge in [-0.1, -0.05) is 25.5 Å². The second-order valence-electron chi connectivity index (χ2n) is 3.63. The quantitative estimate of drug-likeness (QED) is 0.724. The SMILES string of the molecule is CCCc1ccc2cn(CC)nc2c1. The fraction of sp³-hybridized carbons (Fsp3) is 0.417. The molecular weight excluding hydrogens is 172 g/mol. The third-order valence-corrected chi connectivity index (χ3v) is 2.48. The second-order valence-corrected chi connectivity index (χ2v) is 3.63. The molecule has 1 heterocycles. The van der Waals surface area contributed by atoms with E-state index in [-0.39, 0.29) is 0 Å². The van der Waals surface area contributed by atoms with Crippen molar-refractivity contribution in [3.63, 3.8) is 0 Å². The van der Waals surface area contributed by atoms with Crippen LogP contribution in [0.2, 0.25) is 0 Å². The predicted molar refractivity (Wildman–Crippen MR) is 59.4 cm³/mol. The number of aryl methyl sites for hydroxylation is 2. The molecule has 0 aliphatic heterocycles. The molecule has 0 amide bonds. The molecule has 0 saturated carbocycles. The van der Waals surface area contributed by atoms with E-state index in [1.54, 1.807) is 0 Å². The van der Waals surface area contributed by atoms with Crippen molar-refractivity contribution in [3.05, 3.63) is 30.0 Å². The van der Waals surface area contributed by atoms with Crippen LogP contribution in [0.15, 0.2) is 24.4 Å². The topological polar surface area (TPSA) is 17.8 Å². The molecule has 14 heavy (non-hydrogen) atoms. The Hall–Kier alpha value is -1.31. The minimum atomic E-state index is 0.942. The Kier molecular flexibility index (Phi) is 2.53. The first kappa shape index (κ1) is 9.25. The van der Waals surface area contributed by atoms with E-state index in [2.05, 4.69) is 43.3 Å². The summed E-state index contributed by atoms with van der Waals surface area (Å²) >= 11 is 0. The monoisotopic (exact) mass is 188 g/mol. The highest BCUT2D eigenvalue weighted by atomic mass is 15.3. The lowest BCUT2D eigenvalue weighted by atomic mass is 10.1. The van der Waals surface area contributed by atoms with Gasteiger partial charge in [-0.2, -0.15) is 5.10 Å². The van der Waals surface area contributed by atoms with Crippen LogP contribution in [0.5, 0.6) is 0 Å². The molecule has 0 aliphatic carbocycles. The van der Waals surface area contributed by atoms with Gasteiger partial charge in [0.2, 0.25) is 0 Å². The molecule has 0 saturated heterocycles. The van der Waals surface area contributed by atoms with Crippen LogP contribution in [-0.4, -0.2) is 9.78 Å². The van der Waals surface area contributed by atoms with E-state index in [9.17, 15) is 0 Å². The summed E-state index contributed by atoms with van der Waals surface area (Å²) in [4.78, 5) is 0. The van der Waals surface area contributed by atoms with Crippen LogP contribution in [-0.2, 0) is 13.0 Å². The Morgan fingerprint density at radius 2 is 2.14 bits per heavy atom. The summed E-state index contributed by atoms with van der Waals surface area (Å²) in [7, 11) is 0. The van der Waals surface area contributed by atoms with Crippen LogP contribution in [0.25, 0.3) is 10.9 Å². The maximum atomic E-state index is 4.49. The Labute approximate surface area is 84.5 Å². The van der Waals surface area contributed by atoms with Crippen molar-refractivity contribution >= 4 is 10.9 Å². The summed E-state index contributed by atoms with van der Waals surface area (Å²) < 4.78 is 1.99. The highest BCUT2D eigenvalue weighted by Crippen LogP contribution is 2.15. The summed E-state index contributed by atoms with van der Waals surface area (Å²) in [5, 5.41) is 5.73. The predicted octanol–water partition coefficient (Wildman–Crippen LogP) is 3.01. The third kappa shape index (κ3) is 1.65. The average molecular weight is 188 g/mol. The molecule has 0 aliphatic rings. The van der Waals surface area contributed by atoms with E-state index < -0.39 is 0 Å². The van der Waals surface area contributed by atoms with Gasteiger partial charge in [0, 0.05) is 18.1 Å². The number of fused-ring (bicyclic) bond motifs is 1. The van der Waals surface area contributed by atoms with Crippen molar-refractivity contribution < 1.29 is 0 Å². The van der Waals surface area contributed by atoms with Crippen molar-refractivity contribution in [1.82, 2.24) is 9.78 Å². The number of hydrogen-bond acceptors (Lipinski definition) is 1. The van der Waals surface area contributed by atoms with Crippen LogP contribution < -0.4 is 0 Å². The van der Waals surface area contributed by atoms with Gasteiger partial charge in [-0.3, -0.25) is 4.68 Å². The van der Waals surface area contributed by atoms with Crippen molar-refractivity contribution in [2.45, 2.75) is 33.2 Å². The lowest BCUT2D eigenvalue weighted by Crippen LogP contribution is -1.92. The van der Waals surface area contributed by atoms with Gasteiger partial charge < -0.3 is 0 Å². The summed E-state index contributed by atoms with van der Waals surface area (Å²) in [5.74, 6) is 0. The summed E-state index contributed by atoms with van der Waals surface area (Å²) in [6.45, 7) is 5.26. The number of nitrogens with zero attached hydrogens (tertiary/aromatic N) is 2. The normalized spacial score (nSPS) is 11.0.